The molecule has 2 aliphatic carbocycles. The van der Waals surface area contributed by atoms with Crippen LogP contribution in [0.1, 0.15) is 39.3 Å². The molecule has 1 aromatic heterocycles. The standard InChI is InChI=1S/C22H24N4O4S/c1-21(2)16-11-12-22(21,3)19-18(16)25(20(24-19)17-6-4-5-13-23-17)31(29,30)15-9-7-14(8-10-15)26(27)28/h4-10,13,16,18-19H,11-12H2,1-3H3/t16-,18-,19-,22+/m1/s1. The van der Waals surface area contributed by atoms with Gasteiger partial charge in [-0.1, -0.05) is 26.8 Å². The fourth-order valence-electron chi connectivity index (χ4n) is 5.93. The molecule has 0 spiro atoms. The van der Waals surface area contributed by atoms with Gasteiger partial charge in [-0.3, -0.25) is 20.1 Å². The third kappa shape index (κ3) is 2.55. The summed E-state index contributed by atoms with van der Waals surface area (Å²) in [5.74, 6) is 0.530. The Kier molecular flexibility index (Phi) is 4.12. The molecule has 1 aliphatic heterocycles. The molecule has 0 radical (unpaired) electrons. The van der Waals surface area contributed by atoms with Crippen LogP contribution in [0.5, 0.6) is 0 Å². The van der Waals surface area contributed by atoms with Gasteiger partial charge in [-0.05, 0) is 53.9 Å². The molecule has 2 aromatic rings. The third-order valence-electron chi connectivity index (χ3n) is 8.00. The van der Waals surface area contributed by atoms with Gasteiger partial charge < -0.3 is 0 Å². The summed E-state index contributed by atoms with van der Waals surface area (Å²) < 4.78 is 29.2. The number of nitrogens with zero attached hydrogens (tertiary/aromatic N) is 4. The van der Waals surface area contributed by atoms with E-state index in [-0.39, 0.29) is 39.4 Å². The molecule has 0 saturated heterocycles. The second-order valence-electron chi connectivity index (χ2n) is 9.44. The topological polar surface area (TPSA) is 106 Å². The molecule has 31 heavy (non-hydrogen) atoms. The minimum absolute atomic E-state index is 0.0214. The molecule has 2 heterocycles. The van der Waals surface area contributed by atoms with Crippen molar-refractivity contribution in [3.05, 3.63) is 64.5 Å². The number of amidine groups is 1. The molecule has 9 heteroatoms. The average Bonchev–Trinajstić information content (AvgIpc) is 3.31. The summed E-state index contributed by atoms with van der Waals surface area (Å²) in [5.41, 5.74) is 0.209. The number of fused-ring (bicyclic) bond motifs is 5. The largest absolute Gasteiger partial charge is 0.269 e. The van der Waals surface area contributed by atoms with Crippen LogP contribution in [0.2, 0.25) is 0 Å². The van der Waals surface area contributed by atoms with Gasteiger partial charge in [0.05, 0.1) is 21.9 Å². The maximum absolute atomic E-state index is 13.9. The van der Waals surface area contributed by atoms with Crippen molar-refractivity contribution < 1.29 is 13.3 Å². The number of aromatic nitrogens is 1. The van der Waals surface area contributed by atoms with Gasteiger partial charge in [-0.25, -0.2) is 12.7 Å². The van der Waals surface area contributed by atoms with Crippen LogP contribution in [0.15, 0.2) is 58.5 Å². The van der Waals surface area contributed by atoms with Crippen LogP contribution in [-0.2, 0) is 10.0 Å². The Morgan fingerprint density at radius 1 is 1.13 bits per heavy atom. The van der Waals surface area contributed by atoms with E-state index >= 15 is 0 Å². The van der Waals surface area contributed by atoms with Crippen LogP contribution in [0.4, 0.5) is 5.69 Å². The third-order valence-corrected chi connectivity index (χ3v) is 9.80. The van der Waals surface area contributed by atoms with Crippen molar-refractivity contribution in [2.45, 2.75) is 50.6 Å². The number of rotatable bonds is 4. The fraction of sp³-hybridized carbons (Fsp3) is 0.455. The summed E-state index contributed by atoms with van der Waals surface area (Å²) in [4.78, 5) is 19.9. The first kappa shape index (κ1) is 20.1. The van der Waals surface area contributed by atoms with Crippen LogP contribution < -0.4 is 0 Å². The monoisotopic (exact) mass is 440 g/mol. The van der Waals surface area contributed by atoms with Crippen LogP contribution in [0.3, 0.4) is 0 Å². The van der Waals surface area contributed by atoms with E-state index in [1.54, 1.807) is 18.3 Å². The van der Waals surface area contributed by atoms with Crippen LogP contribution in [-0.4, -0.2) is 40.5 Å². The van der Waals surface area contributed by atoms with Gasteiger partial charge in [0.25, 0.3) is 15.7 Å². The SMILES string of the molecule is CC1(C)[C@@H]2CC[C@@]1(C)[C@@H]1N=C(c3ccccn3)N(S(=O)(=O)c3ccc([N+](=O)[O-])cc3)[C@H]21. The van der Waals surface area contributed by atoms with Gasteiger partial charge in [0, 0.05) is 18.3 Å². The minimum atomic E-state index is -3.99. The van der Waals surface area contributed by atoms with Crippen molar-refractivity contribution in [3.8, 4) is 0 Å². The van der Waals surface area contributed by atoms with Gasteiger partial charge in [-0.2, -0.15) is 0 Å². The average molecular weight is 441 g/mol. The van der Waals surface area contributed by atoms with Gasteiger partial charge in [0.15, 0.2) is 5.84 Å². The number of sulfonamides is 1. The van der Waals surface area contributed by atoms with Crippen molar-refractivity contribution in [2.75, 3.05) is 0 Å². The molecule has 162 valence electrons. The Morgan fingerprint density at radius 2 is 1.84 bits per heavy atom. The van der Waals surface area contributed by atoms with Gasteiger partial charge >= 0.3 is 0 Å². The van der Waals surface area contributed by atoms with E-state index < -0.39 is 14.9 Å². The summed E-state index contributed by atoms with van der Waals surface area (Å²) in [6.07, 6.45) is 3.58. The highest BCUT2D eigenvalue weighted by atomic mass is 32.2. The molecule has 2 saturated carbocycles. The highest BCUT2D eigenvalue weighted by Crippen LogP contribution is 2.69. The number of nitro groups is 1. The molecule has 1 aromatic carbocycles. The molecular weight excluding hydrogens is 416 g/mol. The normalized spacial score (nSPS) is 30.9. The van der Waals surface area contributed by atoms with E-state index in [1.165, 1.54) is 28.6 Å². The second-order valence-corrected chi connectivity index (χ2v) is 11.3. The lowest BCUT2D eigenvalue weighted by molar-refractivity contribution is -0.384. The summed E-state index contributed by atoms with van der Waals surface area (Å²) in [6, 6.07) is 9.99. The molecule has 2 fully saturated rings. The number of benzene rings is 1. The highest BCUT2D eigenvalue weighted by Gasteiger charge is 2.71. The van der Waals surface area contributed by atoms with E-state index in [9.17, 15) is 18.5 Å². The van der Waals surface area contributed by atoms with E-state index in [0.717, 1.165) is 12.8 Å². The quantitative estimate of drug-likeness (QED) is 0.533. The highest BCUT2D eigenvalue weighted by molar-refractivity contribution is 7.89. The Morgan fingerprint density at radius 3 is 2.45 bits per heavy atom. The van der Waals surface area contributed by atoms with Crippen LogP contribution in [0.25, 0.3) is 0 Å². The summed E-state index contributed by atoms with van der Waals surface area (Å²) in [6.45, 7) is 6.66. The molecule has 0 N–H and O–H groups in total. The molecule has 0 unspecified atom stereocenters. The van der Waals surface area contributed by atoms with Crippen LogP contribution in [0, 0.1) is 26.9 Å². The first-order valence-corrected chi connectivity index (χ1v) is 11.8. The zero-order valence-electron chi connectivity index (χ0n) is 17.6. The first-order valence-electron chi connectivity index (χ1n) is 10.4. The van der Waals surface area contributed by atoms with Gasteiger partial charge in [0.2, 0.25) is 0 Å². The summed E-state index contributed by atoms with van der Waals surface area (Å²) in [7, 11) is -3.99. The van der Waals surface area contributed by atoms with Crippen LogP contribution >= 0.6 is 0 Å². The molecule has 0 amide bonds. The second kappa shape index (κ2) is 6.35. The molecule has 8 nitrogen and oxygen atoms in total. The van der Waals surface area contributed by atoms with E-state index in [2.05, 4.69) is 25.8 Å². The van der Waals surface area contributed by atoms with Crippen molar-refractivity contribution >= 4 is 21.5 Å². The molecular formula is C22H24N4O4S. The fourth-order valence-corrected chi connectivity index (χ4v) is 7.59. The lowest BCUT2D eigenvalue weighted by atomic mass is 9.69. The Labute approximate surface area is 181 Å². The number of aliphatic imine (C=N–C) groups is 1. The van der Waals surface area contributed by atoms with E-state index in [1.807, 2.05) is 6.07 Å². The summed E-state index contributed by atoms with van der Waals surface area (Å²) >= 11 is 0. The van der Waals surface area contributed by atoms with Crippen molar-refractivity contribution in [1.82, 2.24) is 9.29 Å². The number of hydrogen-bond acceptors (Lipinski definition) is 6. The van der Waals surface area contributed by atoms with Crippen molar-refractivity contribution in [2.24, 2.45) is 21.7 Å². The lowest BCUT2D eigenvalue weighted by Crippen LogP contribution is -2.48. The van der Waals surface area contributed by atoms with Crippen molar-refractivity contribution in [3.63, 3.8) is 0 Å². The number of hydrogen-bond donors (Lipinski definition) is 0. The number of non-ortho nitro benzene ring substituents is 1. The van der Waals surface area contributed by atoms with Gasteiger partial charge in [-0.15, -0.1) is 0 Å². The summed E-state index contributed by atoms with van der Waals surface area (Å²) in [5, 5.41) is 11.0. The predicted molar refractivity (Wildman–Crippen MR) is 115 cm³/mol. The zero-order valence-corrected chi connectivity index (χ0v) is 18.4. The zero-order chi connectivity index (χ0) is 22.2. The number of pyridine rings is 1. The first-order chi connectivity index (χ1) is 14.6. The molecule has 5 rings (SSSR count). The van der Waals surface area contributed by atoms with Gasteiger partial charge in [0.1, 0.15) is 5.69 Å². The molecule has 3 aliphatic rings. The molecule has 2 bridgehead atoms. The predicted octanol–water partition coefficient (Wildman–Crippen LogP) is 3.63. The van der Waals surface area contributed by atoms with E-state index in [0.29, 0.717) is 11.5 Å². The Bertz CT molecular complexity index is 1190. The Balaban J connectivity index is 1.66. The molecule has 4 atom stereocenters. The lowest BCUT2D eigenvalue weighted by Gasteiger charge is -2.36. The number of nitro benzene ring substituents is 1. The maximum atomic E-state index is 13.9. The Hall–Kier alpha value is -2.81. The minimum Gasteiger partial charge on any atom is -0.260 e. The smallest absolute Gasteiger partial charge is 0.260 e. The van der Waals surface area contributed by atoms with Crippen molar-refractivity contribution in [1.29, 1.82) is 0 Å². The van der Waals surface area contributed by atoms with E-state index in [4.69, 9.17) is 4.99 Å². The maximum Gasteiger partial charge on any atom is 0.269 e.